The lowest BCUT2D eigenvalue weighted by Gasteiger charge is -2.40. The molecular weight excluding hydrogens is 350 g/mol. The normalized spacial score (nSPS) is 28.2. The molecule has 0 aliphatic carbocycles. The van der Waals surface area contributed by atoms with Crippen LogP contribution in [0.2, 0.25) is 0 Å². The topological polar surface area (TPSA) is 50.9 Å². The summed E-state index contributed by atoms with van der Waals surface area (Å²) in [6, 6.07) is 21.0. The predicted octanol–water partition coefficient (Wildman–Crippen LogP) is 4.20. The summed E-state index contributed by atoms with van der Waals surface area (Å²) in [7, 11) is 0. The van der Waals surface area contributed by atoms with Gasteiger partial charge >= 0.3 is 0 Å². The van der Waals surface area contributed by atoms with Crippen molar-refractivity contribution in [2.75, 3.05) is 6.54 Å². The van der Waals surface area contributed by atoms with Gasteiger partial charge in [-0.25, -0.2) is 0 Å². The van der Waals surface area contributed by atoms with E-state index in [1.54, 1.807) is 0 Å². The van der Waals surface area contributed by atoms with Crippen molar-refractivity contribution in [3.8, 4) is 11.3 Å². The Morgan fingerprint density at radius 1 is 1.00 bits per heavy atom. The monoisotopic (exact) mass is 371 g/mol. The Kier molecular flexibility index (Phi) is 3.32. The minimum absolute atomic E-state index is 0.158. The summed E-state index contributed by atoms with van der Waals surface area (Å²) in [6.07, 6.45) is 1.85. The van der Waals surface area contributed by atoms with Crippen molar-refractivity contribution >= 4 is 5.71 Å². The summed E-state index contributed by atoms with van der Waals surface area (Å²) in [5.74, 6) is 1.09. The second-order valence-electron chi connectivity index (χ2n) is 7.91. The first-order valence-electron chi connectivity index (χ1n) is 9.91. The molecule has 1 fully saturated rings. The molecule has 0 saturated carbocycles. The Balaban J connectivity index is 1.54. The van der Waals surface area contributed by atoms with Crippen LogP contribution in [0.3, 0.4) is 0 Å². The van der Waals surface area contributed by atoms with Crippen LogP contribution >= 0.6 is 0 Å². The van der Waals surface area contributed by atoms with E-state index in [1.165, 1.54) is 0 Å². The Morgan fingerprint density at radius 2 is 1.71 bits per heavy atom. The van der Waals surface area contributed by atoms with Gasteiger partial charge in [-0.1, -0.05) is 71.0 Å². The van der Waals surface area contributed by atoms with Gasteiger partial charge in [0.2, 0.25) is 5.72 Å². The third-order valence-corrected chi connectivity index (χ3v) is 6.44. The number of hydrogen-bond acceptors (Lipinski definition) is 5. The standard InChI is InChI=1S/C23H21N3O2/c1-15-14-18-21(16-8-4-2-5-9-16)25-28-23(18)20-19(12-13-26(15)23)27-24-22(20)17-10-6-3-7-11-17/h2-11,15,18H,12-14H2,1H3/t15-,18+,23+/m0/s1. The van der Waals surface area contributed by atoms with E-state index in [4.69, 9.17) is 9.36 Å². The second-order valence-corrected chi connectivity index (χ2v) is 7.91. The van der Waals surface area contributed by atoms with Crippen molar-refractivity contribution < 1.29 is 9.36 Å². The molecule has 0 unspecified atom stereocenters. The van der Waals surface area contributed by atoms with E-state index in [0.717, 1.165) is 53.2 Å². The summed E-state index contributed by atoms with van der Waals surface area (Å²) in [6.45, 7) is 3.18. The van der Waals surface area contributed by atoms with Crippen LogP contribution < -0.4 is 0 Å². The molecule has 3 aliphatic rings. The minimum Gasteiger partial charge on any atom is -0.367 e. The van der Waals surface area contributed by atoms with Crippen LogP contribution in [-0.2, 0) is 17.0 Å². The van der Waals surface area contributed by atoms with Gasteiger partial charge in [0, 0.05) is 24.6 Å². The van der Waals surface area contributed by atoms with Gasteiger partial charge in [0.05, 0.1) is 17.2 Å². The third kappa shape index (κ3) is 2.00. The van der Waals surface area contributed by atoms with Gasteiger partial charge in [-0.05, 0) is 18.9 Å². The van der Waals surface area contributed by atoms with E-state index in [2.05, 4.69) is 58.5 Å². The fourth-order valence-electron chi connectivity index (χ4n) is 5.24. The summed E-state index contributed by atoms with van der Waals surface area (Å²) in [5, 5.41) is 9.09. The molecular formula is C23H21N3O2. The molecule has 28 heavy (non-hydrogen) atoms. The van der Waals surface area contributed by atoms with Gasteiger partial charge in [0.15, 0.2) is 0 Å². The predicted molar refractivity (Wildman–Crippen MR) is 106 cm³/mol. The highest BCUT2D eigenvalue weighted by Crippen LogP contribution is 2.56. The summed E-state index contributed by atoms with van der Waals surface area (Å²) < 4.78 is 5.82. The molecule has 0 bridgehead atoms. The molecule has 5 heteroatoms. The highest BCUT2D eigenvalue weighted by molar-refractivity contribution is 6.04. The van der Waals surface area contributed by atoms with E-state index in [1.807, 2.05) is 24.3 Å². The average molecular weight is 371 g/mol. The number of benzene rings is 2. The van der Waals surface area contributed by atoms with Crippen molar-refractivity contribution in [1.29, 1.82) is 0 Å². The first-order chi connectivity index (χ1) is 13.8. The molecule has 0 amide bonds. The highest BCUT2D eigenvalue weighted by atomic mass is 16.7. The van der Waals surface area contributed by atoms with Gasteiger partial charge in [-0.3, -0.25) is 4.90 Å². The van der Waals surface area contributed by atoms with Crippen LogP contribution in [0.5, 0.6) is 0 Å². The lowest BCUT2D eigenvalue weighted by Crippen LogP contribution is -2.51. The first kappa shape index (κ1) is 16.1. The van der Waals surface area contributed by atoms with Crippen molar-refractivity contribution in [2.45, 2.75) is 31.5 Å². The molecule has 1 saturated heterocycles. The van der Waals surface area contributed by atoms with Gasteiger partial charge in [-0.2, -0.15) is 0 Å². The van der Waals surface area contributed by atoms with E-state index >= 15 is 0 Å². The Labute approximate surface area is 163 Å². The molecule has 3 aliphatic heterocycles. The second kappa shape index (κ2) is 5.79. The molecule has 1 spiro atoms. The van der Waals surface area contributed by atoms with Crippen LogP contribution in [0.1, 0.15) is 30.2 Å². The number of hydrogen-bond donors (Lipinski definition) is 0. The molecule has 3 atom stereocenters. The largest absolute Gasteiger partial charge is 0.367 e. The van der Waals surface area contributed by atoms with Gasteiger partial charge < -0.3 is 9.36 Å². The van der Waals surface area contributed by atoms with E-state index in [-0.39, 0.29) is 5.92 Å². The van der Waals surface area contributed by atoms with Crippen molar-refractivity contribution in [3.05, 3.63) is 77.6 Å². The maximum atomic E-state index is 6.37. The SMILES string of the molecule is C[C@H]1C[C@@H]2C(c3ccccc3)=NO[C@@]23c2c(-c4ccccc4)noc2CCN13. The van der Waals surface area contributed by atoms with Crippen LogP contribution in [0, 0.1) is 5.92 Å². The van der Waals surface area contributed by atoms with Gasteiger partial charge in [0.25, 0.3) is 0 Å². The maximum absolute atomic E-state index is 6.37. The smallest absolute Gasteiger partial charge is 0.231 e. The minimum atomic E-state index is -0.622. The zero-order valence-electron chi connectivity index (χ0n) is 15.7. The van der Waals surface area contributed by atoms with Crippen molar-refractivity contribution in [3.63, 3.8) is 0 Å². The Hall–Kier alpha value is -2.92. The van der Waals surface area contributed by atoms with Crippen LogP contribution in [0.25, 0.3) is 11.3 Å². The lowest BCUT2D eigenvalue weighted by molar-refractivity contribution is -0.154. The zero-order chi connectivity index (χ0) is 18.7. The Bertz CT molecular complexity index is 1060. The quantitative estimate of drug-likeness (QED) is 0.678. The lowest BCUT2D eigenvalue weighted by atomic mass is 9.80. The number of oxime groups is 1. The van der Waals surface area contributed by atoms with Crippen LogP contribution in [-0.4, -0.2) is 28.4 Å². The summed E-state index contributed by atoms with van der Waals surface area (Å²) in [4.78, 5) is 8.83. The number of nitrogens with zero attached hydrogens (tertiary/aromatic N) is 3. The highest BCUT2D eigenvalue weighted by Gasteiger charge is 2.65. The average Bonchev–Trinajstić information content (AvgIpc) is 3.40. The van der Waals surface area contributed by atoms with Gasteiger partial charge in [0.1, 0.15) is 11.5 Å². The fourth-order valence-corrected chi connectivity index (χ4v) is 5.24. The molecule has 0 radical (unpaired) electrons. The molecule has 3 aromatic rings. The third-order valence-electron chi connectivity index (χ3n) is 6.44. The van der Waals surface area contributed by atoms with Crippen LogP contribution in [0.15, 0.2) is 70.3 Å². The molecule has 5 nitrogen and oxygen atoms in total. The fraction of sp³-hybridized carbons (Fsp3) is 0.304. The van der Waals surface area contributed by atoms with Crippen molar-refractivity contribution in [2.24, 2.45) is 11.1 Å². The Morgan fingerprint density at radius 3 is 2.46 bits per heavy atom. The van der Waals surface area contributed by atoms with Crippen molar-refractivity contribution in [1.82, 2.24) is 10.1 Å². The molecule has 6 rings (SSSR count). The molecule has 1 aromatic heterocycles. The van der Waals surface area contributed by atoms with Gasteiger partial charge in [-0.15, -0.1) is 0 Å². The molecule has 140 valence electrons. The number of aromatic nitrogens is 1. The maximum Gasteiger partial charge on any atom is 0.231 e. The molecule has 0 N–H and O–H groups in total. The number of fused-ring (bicyclic) bond motifs is 1. The summed E-state index contributed by atoms with van der Waals surface area (Å²) in [5.41, 5.74) is 4.53. The van der Waals surface area contributed by atoms with Crippen LogP contribution in [0.4, 0.5) is 0 Å². The van der Waals surface area contributed by atoms with E-state index in [9.17, 15) is 0 Å². The number of rotatable bonds is 2. The first-order valence-corrected chi connectivity index (χ1v) is 9.91. The molecule has 2 aromatic carbocycles. The van der Waals surface area contributed by atoms with E-state index < -0.39 is 5.72 Å². The zero-order valence-corrected chi connectivity index (χ0v) is 15.7. The molecule has 4 heterocycles. The summed E-state index contributed by atoms with van der Waals surface area (Å²) >= 11 is 0. The van der Waals surface area contributed by atoms with E-state index in [0.29, 0.717) is 6.04 Å².